The molecule has 0 aromatic carbocycles. The molecular weight excluding hydrogens is 212 g/mol. The van der Waals surface area contributed by atoms with Crippen LogP contribution in [0.3, 0.4) is 0 Å². The second kappa shape index (κ2) is 7.28. The maximum Gasteiger partial charge on any atom is 0.213 e. The van der Waals surface area contributed by atoms with Gasteiger partial charge in [0.25, 0.3) is 0 Å². The van der Waals surface area contributed by atoms with Gasteiger partial charge in [-0.05, 0) is 37.4 Å². The Balaban J connectivity index is 2.66. The highest BCUT2D eigenvalue weighted by molar-refractivity contribution is 5.25. The van der Waals surface area contributed by atoms with Crippen LogP contribution in [0.2, 0.25) is 0 Å². The van der Waals surface area contributed by atoms with Crippen molar-refractivity contribution in [1.29, 1.82) is 0 Å². The molecule has 96 valence electrons. The van der Waals surface area contributed by atoms with Crippen molar-refractivity contribution in [3.05, 3.63) is 23.4 Å². The third-order valence-corrected chi connectivity index (χ3v) is 2.60. The summed E-state index contributed by atoms with van der Waals surface area (Å²) in [4.78, 5) is 4.48. The molecule has 0 aliphatic carbocycles. The van der Waals surface area contributed by atoms with Crippen molar-refractivity contribution in [3.8, 4) is 5.88 Å². The quantitative estimate of drug-likeness (QED) is 0.790. The van der Waals surface area contributed by atoms with Gasteiger partial charge in [0.2, 0.25) is 5.88 Å². The minimum atomic E-state index is 0.668. The summed E-state index contributed by atoms with van der Waals surface area (Å²) in [6.45, 7) is 8.12. The van der Waals surface area contributed by atoms with Crippen LogP contribution in [0.25, 0.3) is 0 Å². The number of aromatic nitrogens is 1. The van der Waals surface area contributed by atoms with Crippen LogP contribution in [-0.4, -0.2) is 18.6 Å². The third-order valence-electron chi connectivity index (χ3n) is 2.60. The number of aryl methyl sites for hydroxylation is 1. The van der Waals surface area contributed by atoms with Gasteiger partial charge in [-0.1, -0.05) is 20.8 Å². The van der Waals surface area contributed by atoms with Gasteiger partial charge in [0, 0.05) is 18.3 Å². The van der Waals surface area contributed by atoms with E-state index in [4.69, 9.17) is 4.74 Å². The zero-order chi connectivity index (χ0) is 12.7. The van der Waals surface area contributed by atoms with Crippen molar-refractivity contribution in [2.45, 2.75) is 40.2 Å². The van der Waals surface area contributed by atoms with Crippen LogP contribution in [0.5, 0.6) is 5.88 Å². The molecule has 1 heterocycles. The van der Waals surface area contributed by atoms with Gasteiger partial charge < -0.3 is 10.1 Å². The molecule has 0 spiro atoms. The van der Waals surface area contributed by atoms with Crippen LogP contribution in [0.4, 0.5) is 0 Å². The summed E-state index contributed by atoms with van der Waals surface area (Å²) in [6, 6.07) is 4.15. The highest BCUT2D eigenvalue weighted by atomic mass is 16.5. The molecule has 1 aromatic heterocycles. The summed E-state index contributed by atoms with van der Waals surface area (Å²) in [7, 11) is 1.95. The molecule has 1 N–H and O–H groups in total. The standard InChI is InChI=1S/C14H24N2O/c1-5-13-8-12(10-15-4)9-14(16-13)17-7-6-11(2)3/h8-9,11,15H,5-7,10H2,1-4H3. The van der Waals surface area contributed by atoms with Crippen molar-refractivity contribution in [2.75, 3.05) is 13.7 Å². The normalized spacial score (nSPS) is 10.9. The van der Waals surface area contributed by atoms with Gasteiger partial charge in [-0.25, -0.2) is 4.98 Å². The highest BCUT2D eigenvalue weighted by Gasteiger charge is 2.03. The van der Waals surface area contributed by atoms with E-state index in [0.29, 0.717) is 5.92 Å². The summed E-state index contributed by atoms with van der Waals surface area (Å²) < 4.78 is 5.71. The van der Waals surface area contributed by atoms with Crippen molar-refractivity contribution in [1.82, 2.24) is 10.3 Å². The molecule has 0 bridgehead atoms. The SMILES string of the molecule is CCc1cc(CNC)cc(OCCC(C)C)n1. The Morgan fingerprint density at radius 3 is 2.71 bits per heavy atom. The van der Waals surface area contributed by atoms with E-state index in [1.165, 1.54) is 5.56 Å². The predicted octanol–water partition coefficient (Wildman–Crippen LogP) is 2.79. The predicted molar refractivity (Wildman–Crippen MR) is 71.3 cm³/mol. The molecule has 0 saturated heterocycles. The van der Waals surface area contributed by atoms with Crippen LogP contribution in [0.15, 0.2) is 12.1 Å². The molecule has 0 atom stereocenters. The minimum Gasteiger partial charge on any atom is -0.478 e. The number of ether oxygens (including phenoxy) is 1. The maximum absolute atomic E-state index is 5.71. The van der Waals surface area contributed by atoms with Crippen LogP contribution in [0.1, 0.15) is 38.4 Å². The number of hydrogen-bond donors (Lipinski definition) is 1. The number of nitrogens with one attached hydrogen (secondary N) is 1. The summed E-state index contributed by atoms with van der Waals surface area (Å²) in [6.07, 6.45) is 2.01. The minimum absolute atomic E-state index is 0.668. The lowest BCUT2D eigenvalue weighted by Gasteiger charge is -2.10. The van der Waals surface area contributed by atoms with Gasteiger partial charge in [-0.3, -0.25) is 0 Å². The fourth-order valence-corrected chi connectivity index (χ4v) is 1.58. The van der Waals surface area contributed by atoms with Crippen LogP contribution in [0, 0.1) is 5.92 Å². The second-order valence-electron chi connectivity index (χ2n) is 4.72. The van der Waals surface area contributed by atoms with Crippen molar-refractivity contribution in [2.24, 2.45) is 5.92 Å². The molecule has 0 aliphatic heterocycles. The molecule has 17 heavy (non-hydrogen) atoms. The van der Waals surface area contributed by atoms with Gasteiger partial charge >= 0.3 is 0 Å². The number of hydrogen-bond acceptors (Lipinski definition) is 3. The smallest absolute Gasteiger partial charge is 0.213 e. The number of pyridine rings is 1. The Morgan fingerprint density at radius 2 is 2.12 bits per heavy atom. The largest absolute Gasteiger partial charge is 0.478 e. The van der Waals surface area contributed by atoms with E-state index in [9.17, 15) is 0 Å². The van der Waals surface area contributed by atoms with Gasteiger partial charge in [0.05, 0.1) is 6.61 Å². The van der Waals surface area contributed by atoms with Gasteiger partial charge in [0.1, 0.15) is 0 Å². The second-order valence-corrected chi connectivity index (χ2v) is 4.72. The Morgan fingerprint density at radius 1 is 1.35 bits per heavy atom. The highest BCUT2D eigenvalue weighted by Crippen LogP contribution is 2.14. The molecule has 3 nitrogen and oxygen atoms in total. The molecule has 0 fully saturated rings. The van der Waals surface area contributed by atoms with Crippen molar-refractivity contribution >= 4 is 0 Å². The van der Waals surface area contributed by atoms with E-state index in [-0.39, 0.29) is 0 Å². The van der Waals surface area contributed by atoms with Crippen molar-refractivity contribution < 1.29 is 4.74 Å². The summed E-state index contributed by atoms with van der Waals surface area (Å²) >= 11 is 0. The van der Waals surface area contributed by atoms with E-state index in [1.807, 2.05) is 13.1 Å². The van der Waals surface area contributed by atoms with E-state index in [0.717, 1.165) is 37.6 Å². The summed E-state index contributed by atoms with van der Waals surface area (Å²) in [5.74, 6) is 1.43. The summed E-state index contributed by atoms with van der Waals surface area (Å²) in [5.41, 5.74) is 2.33. The zero-order valence-electron chi connectivity index (χ0n) is 11.4. The van der Waals surface area contributed by atoms with Crippen LogP contribution < -0.4 is 10.1 Å². The first-order valence-corrected chi connectivity index (χ1v) is 6.43. The maximum atomic E-state index is 5.71. The van der Waals surface area contributed by atoms with Gasteiger partial charge in [-0.2, -0.15) is 0 Å². The fourth-order valence-electron chi connectivity index (χ4n) is 1.58. The van der Waals surface area contributed by atoms with E-state index in [1.54, 1.807) is 0 Å². The average molecular weight is 236 g/mol. The first kappa shape index (κ1) is 14.0. The topological polar surface area (TPSA) is 34.1 Å². The van der Waals surface area contributed by atoms with Crippen LogP contribution in [-0.2, 0) is 13.0 Å². The molecular formula is C14H24N2O. The van der Waals surface area contributed by atoms with Crippen LogP contribution >= 0.6 is 0 Å². The Hall–Kier alpha value is -1.09. The average Bonchev–Trinajstić information content (AvgIpc) is 2.28. The van der Waals surface area contributed by atoms with E-state index < -0.39 is 0 Å². The van der Waals surface area contributed by atoms with E-state index >= 15 is 0 Å². The zero-order valence-corrected chi connectivity index (χ0v) is 11.4. The lowest BCUT2D eigenvalue weighted by molar-refractivity contribution is 0.278. The molecule has 3 heteroatoms. The fraction of sp³-hybridized carbons (Fsp3) is 0.643. The number of nitrogens with zero attached hydrogens (tertiary/aromatic N) is 1. The molecule has 0 radical (unpaired) electrons. The first-order valence-electron chi connectivity index (χ1n) is 6.43. The molecule has 1 rings (SSSR count). The molecule has 0 amide bonds. The Bertz CT molecular complexity index is 337. The van der Waals surface area contributed by atoms with E-state index in [2.05, 4.69) is 37.1 Å². The van der Waals surface area contributed by atoms with Gasteiger partial charge in [0.15, 0.2) is 0 Å². The first-order chi connectivity index (χ1) is 8.15. The number of rotatable bonds is 7. The lowest BCUT2D eigenvalue weighted by atomic mass is 10.1. The third kappa shape index (κ3) is 5.18. The summed E-state index contributed by atoms with van der Waals surface area (Å²) in [5, 5.41) is 3.15. The Kier molecular flexibility index (Phi) is 5.98. The molecule has 0 saturated carbocycles. The molecule has 1 aromatic rings. The monoisotopic (exact) mass is 236 g/mol. The van der Waals surface area contributed by atoms with Crippen molar-refractivity contribution in [3.63, 3.8) is 0 Å². The lowest BCUT2D eigenvalue weighted by Crippen LogP contribution is -2.08. The molecule has 0 aliphatic rings. The van der Waals surface area contributed by atoms with Gasteiger partial charge in [-0.15, -0.1) is 0 Å². The Labute approximate surface area is 105 Å². The molecule has 0 unspecified atom stereocenters.